The van der Waals surface area contributed by atoms with Crippen molar-refractivity contribution in [3.8, 4) is 11.5 Å². The first-order valence-corrected chi connectivity index (χ1v) is 6.10. The molecular weight excluding hydrogens is 302 g/mol. The fourth-order valence-corrected chi connectivity index (χ4v) is 2.42. The third-order valence-corrected chi connectivity index (χ3v) is 3.25. The minimum atomic E-state index is -1.04. The SMILES string of the molecule is COc1c(Br)cc(C)c(CC(N)C(=O)O)c1OC. The van der Waals surface area contributed by atoms with Crippen molar-refractivity contribution in [3.05, 3.63) is 21.7 Å². The molecule has 0 saturated heterocycles. The number of carboxylic acid groups (broad SMARTS) is 1. The minimum Gasteiger partial charge on any atom is -0.493 e. The number of carbonyl (C=O) groups is 1. The lowest BCUT2D eigenvalue weighted by Crippen LogP contribution is -2.32. The molecule has 0 fully saturated rings. The zero-order valence-corrected chi connectivity index (χ0v) is 12.1. The number of rotatable bonds is 5. The van der Waals surface area contributed by atoms with Crippen molar-refractivity contribution >= 4 is 21.9 Å². The molecule has 0 saturated carbocycles. The maximum Gasteiger partial charge on any atom is 0.320 e. The highest BCUT2D eigenvalue weighted by molar-refractivity contribution is 9.10. The molecule has 6 heteroatoms. The first-order chi connectivity index (χ1) is 8.42. The van der Waals surface area contributed by atoms with Crippen LogP contribution in [0.3, 0.4) is 0 Å². The lowest BCUT2D eigenvalue weighted by Gasteiger charge is -2.18. The second-order valence-electron chi connectivity index (χ2n) is 3.87. The van der Waals surface area contributed by atoms with Crippen LogP contribution in [0.4, 0.5) is 0 Å². The van der Waals surface area contributed by atoms with Gasteiger partial charge in [-0.2, -0.15) is 0 Å². The molecular formula is C12H16BrNO4. The zero-order valence-electron chi connectivity index (χ0n) is 10.5. The molecule has 100 valence electrons. The Kier molecular flexibility index (Phi) is 4.98. The number of aryl methyl sites for hydroxylation is 1. The number of methoxy groups -OCH3 is 2. The molecule has 3 N–H and O–H groups in total. The van der Waals surface area contributed by atoms with Crippen LogP contribution in [0, 0.1) is 6.92 Å². The molecule has 5 nitrogen and oxygen atoms in total. The van der Waals surface area contributed by atoms with Crippen molar-refractivity contribution in [1.29, 1.82) is 0 Å². The van der Waals surface area contributed by atoms with Gasteiger partial charge in [0.2, 0.25) is 0 Å². The van der Waals surface area contributed by atoms with Crippen LogP contribution in [0.1, 0.15) is 11.1 Å². The number of nitrogens with two attached hydrogens (primary N) is 1. The average Bonchev–Trinajstić information content (AvgIpc) is 2.31. The van der Waals surface area contributed by atoms with Gasteiger partial charge in [0.1, 0.15) is 6.04 Å². The van der Waals surface area contributed by atoms with E-state index in [1.807, 2.05) is 13.0 Å². The molecule has 1 rings (SSSR count). The summed E-state index contributed by atoms with van der Waals surface area (Å²) >= 11 is 3.38. The molecule has 0 heterocycles. The second kappa shape index (κ2) is 6.06. The molecule has 0 bridgehead atoms. The van der Waals surface area contributed by atoms with E-state index in [0.717, 1.165) is 15.6 Å². The number of halogens is 1. The minimum absolute atomic E-state index is 0.188. The summed E-state index contributed by atoms with van der Waals surface area (Å²) in [5.74, 6) is 0.00935. The Morgan fingerprint density at radius 2 is 2.00 bits per heavy atom. The van der Waals surface area contributed by atoms with Crippen molar-refractivity contribution < 1.29 is 19.4 Å². The fraction of sp³-hybridized carbons (Fsp3) is 0.417. The highest BCUT2D eigenvalue weighted by Crippen LogP contribution is 2.40. The van der Waals surface area contributed by atoms with Crippen LogP contribution in [0.25, 0.3) is 0 Å². The topological polar surface area (TPSA) is 81.8 Å². The van der Waals surface area contributed by atoms with Crippen LogP contribution in [0.15, 0.2) is 10.5 Å². The zero-order chi connectivity index (χ0) is 13.9. The third kappa shape index (κ3) is 2.94. The van der Waals surface area contributed by atoms with Gasteiger partial charge in [0.15, 0.2) is 11.5 Å². The molecule has 0 aliphatic carbocycles. The van der Waals surface area contributed by atoms with Crippen LogP contribution in [0.5, 0.6) is 11.5 Å². The largest absolute Gasteiger partial charge is 0.493 e. The second-order valence-corrected chi connectivity index (χ2v) is 4.72. The molecule has 0 spiro atoms. The van der Waals surface area contributed by atoms with Gasteiger partial charge in [-0.1, -0.05) is 0 Å². The monoisotopic (exact) mass is 317 g/mol. The number of hydrogen-bond acceptors (Lipinski definition) is 4. The van der Waals surface area contributed by atoms with Crippen molar-refractivity contribution in [2.45, 2.75) is 19.4 Å². The van der Waals surface area contributed by atoms with E-state index < -0.39 is 12.0 Å². The van der Waals surface area contributed by atoms with E-state index in [9.17, 15) is 4.79 Å². The highest BCUT2D eigenvalue weighted by atomic mass is 79.9. The molecule has 1 unspecified atom stereocenters. The summed E-state index contributed by atoms with van der Waals surface area (Å²) in [5, 5.41) is 8.87. The normalized spacial score (nSPS) is 12.1. The molecule has 0 aromatic heterocycles. The van der Waals surface area contributed by atoms with Crippen LogP contribution in [-0.4, -0.2) is 31.3 Å². The van der Waals surface area contributed by atoms with Crippen LogP contribution in [0.2, 0.25) is 0 Å². The predicted octanol–water partition coefficient (Wildman–Crippen LogP) is 1.73. The summed E-state index contributed by atoms with van der Waals surface area (Å²) in [4.78, 5) is 10.8. The van der Waals surface area contributed by atoms with E-state index in [4.69, 9.17) is 20.3 Å². The number of hydrogen-bond donors (Lipinski definition) is 2. The number of aliphatic carboxylic acids is 1. The predicted molar refractivity (Wildman–Crippen MR) is 71.3 cm³/mol. The van der Waals surface area contributed by atoms with E-state index >= 15 is 0 Å². The molecule has 0 amide bonds. The van der Waals surface area contributed by atoms with Crippen molar-refractivity contribution in [2.24, 2.45) is 5.73 Å². The molecule has 1 aromatic rings. The molecule has 0 aliphatic rings. The van der Waals surface area contributed by atoms with Crippen molar-refractivity contribution in [3.63, 3.8) is 0 Å². The van der Waals surface area contributed by atoms with Gasteiger partial charge in [-0.15, -0.1) is 0 Å². The lowest BCUT2D eigenvalue weighted by atomic mass is 9.99. The van der Waals surface area contributed by atoms with E-state index in [0.29, 0.717) is 11.5 Å². The number of ether oxygens (including phenoxy) is 2. The third-order valence-electron chi connectivity index (χ3n) is 2.67. The first-order valence-electron chi connectivity index (χ1n) is 5.30. The average molecular weight is 318 g/mol. The first kappa shape index (κ1) is 14.8. The smallest absolute Gasteiger partial charge is 0.320 e. The van der Waals surface area contributed by atoms with Gasteiger partial charge in [0.05, 0.1) is 18.7 Å². The van der Waals surface area contributed by atoms with Gasteiger partial charge in [-0.25, -0.2) is 0 Å². The highest BCUT2D eigenvalue weighted by Gasteiger charge is 2.21. The molecule has 1 aromatic carbocycles. The van der Waals surface area contributed by atoms with Gasteiger partial charge in [-0.05, 0) is 34.5 Å². The van der Waals surface area contributed by atoms with Crippen LogP contribution < -0.4 is 15.2 Å². The Morgan fingerprint density at radius 3 is 2.44 bits per heavy atom. The van der Waals surface area contributed by atoms with Crippen LogP contribution >= 0.6 is 15.9 Å². The summed E-state index contributed by atoms with van der Waals surface area (Å²) in [6.45, 7) is 1.87. The Bertz CT molecular complexity index is 462. The number of carboxylic acids is 1. The van der Waals surface area contributed by atoms with E-state index in [1.54, 1.807) is 0 Å². The Hall–Kier alpha value is -1.27. The van der Waals surface area contributed by atoms with Crippen molar-refractivity contribution in [2.75, 3.05) is 14.2 Å². The van der Waals surface area contributed by atoms with E-state index in [2.05, 4.69) is 15.9 Å². The summed E-state index contributed by atoms with van der Waals surface area (Å²) < 4.78 is 11.3. The van der Waals surface area contributed by atoms with Crippen molar-refractivity contribution in [1.82, 2.24) is 0 Å². The molecule has 0 aliphatic heterocycles. The Morgan fingerprint density at radius 1 is 1.44 bits per heavy atom. The maximum absolute atomic E-state index is 10.8. The van der Waals surface area contributed by atoms with Gasteiger partial charge in [0, 0.05) is 12.0 Å². The Labute approximate surface area is 114 Å². The fourth-order valence-electron chi connectivity index (χ4n) is 1.73. The van der Waals surface area contributed by atoms with Gasteiger partial charge >= 0.3 is 5.97 Å². The standard InChI is InChI=1S/C12H16BrNO4/c1-6-4-8(13)11(18-3)10(17-2)7(6)5-9(14)12(15)16/h4,9H,5,14H2,1-3H3,(H,15,16). The van der Waals surface area contributed by atoms with Gasteiger partial charge < -0.3 is 20.3 Å². The molecule has 0 radical (unpaired) electrons. The van der Waals surface area contributed by atoms with Gasteiger partial charge in [0.25, 0.3) is 0 Å². The molecule has 1 atom stereocenters. The van der Waals surface area contributed by atoms with E-state index in [-0.39, 0.29) is 6.42 Å². The van der Waals surface area contributed by atoms with Crippen LogP contribution in [-0.2, 0) is 11.2 Å². The van der Waals surface area contributed by atoms with E-state index in [1.165, 1.54) is 14.2 Å². The Balaban J connectivity index is 3.29. The summed E-state index contributed by atoms with van der Waals surface area (Å²) in [7, 11) is 3.04. The summed E-state index contributed by atoms with van der Waals surface area (Å²) in [5.41, 5.74) is 7.21. The lowest BCUT2D eigenvalue weighted by molar-refractivity contribution is -0.138. The van der Waals surface area contributed by atoms with Gasteiger partial charge in [-0.3, -0.25) is 4.79 Å². The maximum atomic E-state index is 10.8. The quantitative estimate of drug-likeness (QED) is 0.864. The summed E-state index contributed by atoms with van der Waals surface area (Å²) in [6.07, 6.45) is 0.188. The number of benzene rings is 1. The summed E-state index contributed by atoms with van der Waals surface area (Å²) in [6, 6.07) is 0.883. The molecule has 18 heavy (non-hydrogen) atoms.